The van der Waals surface area contributed by atoms with Crippen LogP contribution in [0.25, 0.3) is 37.4 Å². The molecule has 0 saturated carbocycles. The SMILES string of the molecule is COc1ccccc1S(=O)(=O)N1CCN(Cc2c(-c3ccccc3)nc3ccc(-c4cc5ccccc5s4)cn23)CC1. The van der Waals surface area contributed by atoms with E-state index < -0.39 is 10.0 Å². The third-order valence-electron chi connectivity index (χ3n) is 7.87. The van der Waals surface area contributed by atoms with E-state index in [1.165, 1.54) is 22.1 Å². The first-order chi connectivity index (χ1) is 20.5. The van der Waals surface area contributed by atoms with Crippen LogP contribution in [-0.4, -0.2) is 60.3 Å². The Bertz CT molecular complexity index is 1960. The van der Waals surface area contributed by atoms with Crippen LogP contribution in [0.1, 0.15) is 5.69 Å². The molecular formula is C33H30N4O3S2. The van der Waals surface area contributed by atoms with Gasteiger partial charge in [-0.3, -0.25) is 4.90 Å². The molecule has 0 unspecified atom stereocenters. The summed E-state index contributed by atoms with van der Waals surface area (Å²) < 4.78 is 37.3. The first kappa shape index (κ1) is 26.9. The van der Waals surface area contributed by atoms with Gasteiger partial charge < -0.3 is 9.14 Å². The Morgan fingerprint density at radius 1 is 0.833 bits per heavy atom. The number of hydrogen-bond acceptors (Lipinski definition) is 6. The number of rotatable bonds is 7. The third kappa shape index (κ3) is 4.88. The highest BCUT2D eigenvalue weighted by atomic mass is 32.2. The van der Waals surface area contributed by atoms with E-state index in [9.17, 15) is 8.42 Å². The molecule has 4 heterocycles. The molecule has 0 atom stereocenters. The second-order valence-electron chi connectivity index (χ2n) is 10.4. The number of para-hydroxylation sites is 1. The number of thiophene rings is 1. The fraction of sp³-hybridized carbons (Fsp3) is 0.182. The van der Waals surface area contributed by atoms with Gasteiger partial charge in [-0.1, -0.05) is 60.7 Å². The van der Waals surface area contributed by atoms with Crippen molar-refractivity contribution in [1.82, 2.24) is 18.6 Å². The molecule has 1 fully saturated rings. The molecule has 1 aliphatic rings. The zero-order valence-electron chi connectivity index (χ0n) is 23.2. The lowest BCUT2D eigenvalue weighted by atomic mass is 10.1. The van der Waals surface area contributed by atoms with Gasteiger partial charge in [0.2, 0.25) is 10.0 Å². The lowest BCUT2D eigenvalue weighted by Crippen LogP contribution is -2.48. The van der Waals surface area contributed by atoms with Crippen LogP contribution in [0.2, 0.25) is 0 Å². The van der Waals surface area contributed by atoms with E-state index >= 15 is 0 Å². The maximum atomic E-state index is 13.5. The normalized spacial score (nSPS) is 15.0. The van der Waals surface area contributed by atoms with Crippen molar-refractivity contribution in [2.24, 2.45) is 0 Å². The van der Waals surface area contributed by atoms with E-state index in [1.807, 2.05) is 18.2 Å². The summed E-state index contributed by atoms with van der Waals surface area (Å²) in [6.07, 6.45) is 2.19. The molecule has 42 heavy (non-hydrogen) atoms. The number of piperazine rings is 1. The highest BCUT2D eigenvalue weighted by Crippen LogP contribution is 2.35. The summed E-state index contributed by atoms with van der Waals surface area (Å²) in [5, 5.41) is 1.24. The van der Waals surface area contributed by atoms with Crippen molar-refractivity contribution in [3.05, 3.63) is 109 Å². The van der Waals surface area contributed by atoms with Crippen LogP contribution >= 0.6 is 11.3 Å². The summed E-state index contributed by atoms with van der Waals surface area (Å²) in [5.41, 5.74) is 5.16. The smallest absolute Gasteiger partial charge is 0.246 e. The predicted molar refractivity (Wildman–Crippen MR) is 168 cm³/mol. The van der Waals surface area contributed by atoms with E-state index in [0.717, 1.165) is 28.2 Å². The van der Waals surface area contributed by atoms with Crippen molar-refractivity contribution in [3.63, 3.8) is 0 Å². The highest BCUT2D eigenvalue weighted by molar-refractivity contribution is 7.89. The summed E-state index contributed by atoms with van der Waals surface area (Å²) in [5.74, 6) is 0.368. The molecule has 1 saturated heterocycles. The van der Waals surface area contributed by atoms with Crippen molar-refractivity contribution >= 4 is 37.1 Å². The molecule has 6 aromatic rings. The Hall–Kier alpha value is -4.02. The number of sulfonamides is 1. The minimum absolute atomic E-state index is 0.211. The number of imidazole rings is 1. The molecule has 0 N–H and O–H groups in total. The maximum absolute atomic E-state index is 13.5. The topological polar surface area (TPSA) is 67.2 Å². The predicted octanol–water partition coefficient (Wildman–Crippen LogP) is 6.40. The first-order valence-corrected chi connectivity index (χ1v) is 16.2. The molecule has 0 spiro atoms. The molecule has 9 heteroatoms. The average molecular weight is 595 g/mol. The Morgan fingerprint density at radius 3 is 2.36 bits per heavy atom. The van der Waals surface area contributed by atoms with Crippen LogP contribution in [0.4, 0.5) is 0 Å². The summed E-state index contributed by atoms with van der Waals surface area (Å²) in [6, 6.07) is 32.0. The number of ether oxygens (including phenoxy) is 1. The van der Waals surface area contributed by atoms with Gasteiger partial charge in [-0.2, -0.15) is 4.31 Å². The van der Waals surface area contributed by atoms with E-state index in [2.05, 4.69) is 70.1 Å². The number of benzene rings is 3. The number of pyridine rings is 1. The van der Waals surface area contributed by atoms with Crippen LogP contribution in [0.5, 0.6) is 5.75 Å². The summed E-state index contributed by atoms with van der Waals surface area (Å²) >= 11 is 1.79. The summed E-state index contributed by atoms with van der Waals surface area (Å²) in [7, 11) is -2.16. The van der Waals surface area contributed by atoms with Gasteiger partial charge in [-0.25, -0.2) is 13.4 Å². The van der Waals surface area contributed by atoms with E-state index in [1.54, 1.807) is 39.9 Å². The Labute approximate surface area is 249 Å². The van der Waals surface area contributed by atoms with Gasteiger partial charge in [-0.15, -0.1) is 11.3 Å². The molecule has 7 nitrogen and oxygen atoms in total. The van der Waals surface area contributed by atoms with Gasteiger partial charge in [-0.05, 0) is 41.8 Å². The van der Waals surface area contributed by atoms with Crippen molar-refractivity contribution in [3.8, 4) is 27.4 Å². The van der Waals surface area contributed by atoms with Crippen LogP contribution in [-0.2, 0) is 16.6 Å². The number of methoxy groups -OCH3 is 1. The van der Waals surface area contributed by atoms with Crippen molar-refractivity contribution < 1.29 is 13.2 Å². The third-order valence-corrected chi connectivity index (χ3v) is 11.0. The monoisotopic (exact) mass is 594 g/mol. The molecule has 0 amide bonds. The highest BCUT2D eigenvalue weighted by Gasteiger charge is 2.31. The summed E-state index contributed by atoms with van der Waals surface area (Å²) in [4.78, 5) is 8.80. The lowest BCUT2D eigenvalue weighted by Gasteiger charge is -2.34. The molecule has 0 radical (unpaired) electrons. The van der Waals surface area contributed by atoms with Gasteiger partial charge >= 0.3 is 0 Å². The van der Waals surface area contributed by atoms with Gasteiger partial charge in [0, 0.05) is 59.6 Å². The van der Waals surface area contributed by atoms with Crippen LogP contribution in [0.15, 0.2) is 108 Å². The molecular weight excluding hydrogens is 565 g/mol. The largest absolute Gasteiger partial charge is 0.495 e. The first-order valence-electron chi connectivity index (χ1n) is 13.9. The summed E-state index contributed by atoms with van der Waals surface area (Å²) in [6.45, 7) is 2.71. The van der Waals surface area contributed by atoms with E-state index in [-0.39, 0.29) is 4.90 Å². The Kier molecular flexibility index (Phi) is 7.03. The fourth-order valence-electron chi connectivity index (χ4n) is 5.65. The zero-order valence-corrected chi connectivity index (χ0v) is 24.8. The van der Waals surface area contributed by atoms with Crippen LogP contribution < -0.4 is 4.74 Å². The minimum atomic E-state index is -3.66. The Morgan fingerprint density at radius 2 is 1.57 bits per heavy atom. The van der Waals surface area contributed by atoms with Crippen LogP contribution in [0, 0.1) is 0 Å². The molecule has 0 bridgehead atoms. The number of nitrogens with zero attached hydrogens (tertiary/aromatic N) is 4. The Balaban J connectivity index is 1.20. The second kappa shape index (κ2) is 11.0. The number of aromatic nitrogens is 2. The molecule has 212 valence electrons. The average Bonchev–Trinajstić information content (AvgIpc) is 3.63. The molecule has 3 aromatic carbocycles. The zero-order chi connectivity index (χ0) is 28.7. The van der Waals surface area contributed by atoms with Gasteiger partial charge in [0.15, 0.2) is 0 Å². The standard InChI is InChI=1S/C33H30N4O3S2/c1-40-28-12-6-8-14-31(28)42(38,39)36-19-17-35(18-20-36)23-27-33(24-9-3-2-4-10-24)34-32-16-15-26(22-37(27)32)30-21-25-11-5-7-13-29(25)41-30/h2-16,21-22H,17-20,23H2,1H3. The fourth-order valence-corrected chi connectivity index (χ4v) is 8.28. The maximum Gasteiger partial charge on any atom is 0.246 e. The van der Waals surface area contributed by atoms with Gasteiger partial charge in [0.1, 0.15) is 16.3 Å². The second-order valence-corrected chi connectivity index (χ2v) is 13.4. The molecule has 0 aliphatic carbocycles. The number of fused-ring (bicyclic) bond motifs is 2. The molecule has 7 rings (SSSR count). The van der Waals surface area contributed by atoms with E-state index in [4.69, 9.17) is 9.72 Å². The van der Waals surface area contributed by atoms with Crippen LogP contribution in [0.3, 0.4) is 0 Å². The van der Waals surface area contributed by atoms with Gasteiger partial charge in [0.05, 0.1) is 18.5 Å². The van der Waals surface area contributed by atoms with Gasteiger partial charge in [0.25, 0.3) is 0 Å². The van der Waals surface area contributed by atoms with Crippen molar-refractivity contribution in [2.45, 2.75) is 11.4 Å². The molecule has 1 aliphatic heterocycles. The lowest BCUT2D eigenvalue weighted by molar-refractivity contribution is 0.179. The van der Waals surface area contributed by atoms with E-state index in [0.29, 0.717) is 38.5 Å². The van der Waals surface area contributed by atoms with Crippen molar-refractivity contribution in [1.29, 1.82) is 0 Å². The quantitative estimate of drug-likeness (QED) is 0.214. The van der Waals surface area contributed by atoms with Crippen molar-refractivity contribution in [2.75, 3.05) is 33.3 Å². The molecule has 3 aromatic heterocycles. The minimum Gasteiger partial charge on any atom is -0.495 e. The number of hydrogen-bond donors (Lipinski definition) is 0.